The molecule has 0 bridgehead atoms. The fraction of sp³-hybridized carbons (Fsp3) is 0.667. The highest BCUT2D eigenvalue weighted by Crippen LogP contribution is 2.37. The fourth-order valence-corrected chi connectivity index (χ4v) is 2.57. The predicted molar refractivity (Wildman–Crippen MR) is 72.1 cm³/mol. The van der Waals surface area contributed by atoms with Gasteiger partial charge in [-0.05, 0) is 30.2 Å². The van der Waals surface area contributed by atoms with Crippen LogP contribution in [0.3, 0.4) is 0 Å². The minimum Gasteiger partial charge on any atom is -0.388 e. The zero-order chi connectivity index (χ0) is 15.6. The van der Waals surface area contributed by atoms with E-state index in [-0.39, 0.29) is 16.9 Å². The molecule has 114 valence electrons. The Morgan fingerprint density at radius 2 is 1.85 bits per heavy atom. The van der Waals surface area contributed by atoms with E-state index in [9.17, 15) is 18.3 Å². The number of pyridine rings is 1. The SMILES string of the molecule is CC(CC(O)c1cnccc1C(F)(F)F)CC(C)(C)C. The maximum absolute atomic E-state index is 12.9. The number of nitrogens with zero attached hydrogens (tertiary/aromatic N) is 1. The van der Waals surface area contributed by atoms with Gasteiger partial charge >= 0.3 is 6.18 Å². The van der Waals surface area contributed by atoms with Crippen LogP contribution in [0.15, 0.2) is 18.5 Å². The first-order valence-corrected chi connectivity index (χ1v) is 6.70. The van der Waals surface area contributed by atoms with Crippen LogP contribution in [0.4, 0.5) is 13.2 Å². The van der Waals surface area contributed by atoms with E-state index >= 15 is 0 Å². The average Bonchev–Trinajstić information content (AvgIpc) is 2.25. The minimum atomic E-state index is -4.47. The lowest BCUT2D eigenvalue weighted by Gasteiger charge is -2.25. The molecule has 1 rings (SSSR count). The molecular formula is C15H22F3NO. The molecule has 5 heteroatoms. The van der Waals surface area contributed by atoms with Crippen LogP contribution in [0.25, 0.3) is 0 Å². The second-order valence-electron chi connectivity index (χ2n) is 6.58. The van der Waals surface area contributed by atoms with Gasteiger partial charge in [0.15, 0.2) is 0 Å². The van der Waals surface area contributed by atoms with Gasteiger partial charge in [-0.1, -0.05) is 27.7 Å². The first-order chi connectivity index (χ1) is 9.00. The van der Waals surface area contributed by atoms with E-state index in [0.717, 1.165) is 24.9 Å². The van der Waals surface area contributed by atoms with E-state index in [1.165, 1.54) is 0 Å². The lowest BCUT2D eigenvalue weighted by atomic mass is 9.82. The fourth-order valence-electron chi connectivity index (χ4n) is 2.57. The third-order valence-electron chi connectivity index (χ3n) is 3.10. The third-order valence-corrected chi connectivity index (χ3v) is 3.10. The van der Waals surface area contributed by atoms with Gasteiger partial charge < -0.3 is 5.11 Å². The van der Waals surface area contributed by atoms with Gasteiger partial charge in [0.25, 0.3) is 0 Å². The Balaban J connectivity index is 2.86. The van der Waals surface area contributed by atoms with Crippen molar-refractivity contribution in [1.82, 2.24) is 4.98 Å². The van der Waals surface area contributed by atoms with Crippen LogP contribution in [0.1, 0.15) is 57.8 Å². The molecule has 0 aliphatic carbocycles. The predicted octanol–water partition coefficient (Wildman–Crippen LogP) is 4.60. The molecule has 1 heterocycles. The summed E-state index contributed by atoms with van der Waals surface area (Å²) in [7, 11) is 0. The number of hydrogen-bond acceptors (Lipinski definition) is 2. The summed E-state index contributed by atoms with van der Waals surface area (Å²) in [5.74, 6) is 0.131. The maximum Gasteiger partial charge on any atom is 0.416 e. The third kappa shape index (κ3) is 5.12. The Bertz CT molecular complexity index is 437. The summed E-state index contributed by atoms with van der Waals surface area (Å²) in [4.78, 5) is 3.70. The van der Waals surface area contributed by atoms with Gasteiger partial charge in [-0.3, -0.25) is 4.98 Å². The van der Waals surface area contributed by atoms with Crippen molar-refractivity contribution in [2.24, 2.45) is 11.3 Å². The number of halogens is 3. The number of aromatic nitrogens is 1. The van der Waals surface area contributed by atoms with Crippen molar-refractivity contribution in [2.45, 2.75) is 52.8 Å². The summed E-state index contributed by atoms with van der Waals surface area (Å²) >= 11 is 0. The van der Waals surface area contributed by atoms with E-state index < -0.39 is 17.8 Å². The van der Waals surface area contributed by atoms with Crippen molar-refractivity contribution in [3.05, 3.63) is 29.6 Å². The molecule has 0 amide bonds. The van der Waals surface area contributed by atoms with Crippen molar-refractivity contribution in [2.75, 3.05) is 0 Å². The van der Waals surface area contributed by atoms with Gasteiger partial charge in [-0.15, -0.1) is 0 Å². The van der Waals surface area contributed by atoms with Crippen molar-refractivity contribution in [3.8, 4) is 0 Å². The molecule has 0 aliphatic heterocycles. The molecular weight excluding hydrogens is 267 g/mol. The van der Waals surface area contributed by atoms with E-state index in [0.29, 0.717) is 6.42 Å². The standard InChI is InChI=1S/C15H22F3NO/c1-10(8-14(2,3)4)7-13(20)11-9-19-6-5-12(11)15(16,17)18/h5-6,9-10,13,20H,7-8H2,1-4H3. The molecule has 0 spiro atoms. The van der Waals surface area contributed by atoms with E-state index in [1.54, 1.807) is 0 Å². The topological polar surface area (TPSA) is 33.1 Å². The highest BCUT2D eigenvalue weighted by Gasteiger charge is 2.35. The Hall–Kier alpha value is -1.10. The van der Waals surface area contributed by atoms with Gasteiger partial charge in [0.05, 0.1) is 11.7 Å². The van der Waals surface area contributed by atoms with Gasteiger partial charge in [-0.2, -0.15) is 13.2 Å². The Morgan fingerprint density at radius 3 is 2.35 bits per heavy atom. The second-order valence-corrected chi connectivity index (χ2v) is 6.58. The summed E-state index contributed by atoms with van der Waals surface area (Å²) in [5.41, 5.74) is -0.857. The monoisotopic (exact) mass is 289 g/mol. The summed E-state index contributed by atoms with van der Waals surface area (Å²) in [6.45, 7) is 8.15. The molecule has 2 nitrogen and oxygen atoms in total. The molecule has 0 saturated heterocycles. The summed E-state index contributed by atoms with van der Waals surface area (Å²) < 4.78 is 38.6. The molecule has 0 saturated carbocycles. The van der Waals surface area contributed by atoms with E-state index in [2.05, 4.69) is 25.8 Å². The van der Waals surface area contributed by atoms with Crippen molar-refractivity contribution < 1.29 is 18.3 Å². The van der Waals surface area contributed by atoms with Gasteiger partial charge in [0.1, 0.15) is 0 Å². The highest BCUT2D eigenvalue weighted by molar-refractivity contribution is 5.28. The van der Waals surface area contributed by atoms with Crippen LogP contribution in [-0.2, 0) is 6.18 Å². The quantitative estimate of drug-likeness (QED) is 0.879. The van der Waals surface area contributed by atoms with Crippen molar-refractivity contribution in [1.29, 1.82) is 0 Å². The number of hydrogen-bond donors (Lipinski definition) is 1. The molecule has 0 fully saturated rings. The maximum atomic E-state index is 12.9. The van der Waals surface area contributed by atoms with E-state index in [1.807, 2.05) is 6.92 Å². The molecule has 20 heavy (non-hydrogen) atoms. The van der Waals surface area contributed by atoms with Gasteiger partial charge in [0, 0.05) is 18.0 Å². The first kappa shape index (κ1) is 17.0. The molecule has 2 atom stereocenters. The van der Waals surface area contributed by atoms with Crippen LogP contribution >= 0.6 is 0 Å². The van der Waals surface area contributed by atoms with E-state index in [4.69, 9.17) is 0 Å². The molecule has 2 unspecified atom stereocenters. The summed E-state index contributed by atoms with van der Waals surface area (Å²) in [6.07, 6.45) is -2.27. The zero-order valence-corrected chi connectivity index (χ0v) is 12.3. The number of aliphatic hydroxyl groups is 1. The largest absolute Gasteiger partial charge is 0.416 e. The number of rotatable bonds is 4. The first-order valence-electron chi connectivity index (χ1n) is 6.70. The minimum absolute atomic E-state index is 0.0843. The lowest BCUT2D eigenvalue weighted by Crippen LogP contribution is -2.16. The molecule has 1 aromatic rings. The Labute approximate surface area is 118 Å². The van der Waals surface area contributed by atoms with Crippen molar-refractivity contribution >= 4 is 0 Å². The molecule has 1 N–H and O–H groups in total. The zero-order valence-electron chi connectivity index (χ0n) is 12.3. The second kappa shape index (κ2) is 6.12. The molecule has 1 aromatic heterocycles. The van der Waals surface area contributed by atoms with Crippen LogP contribution in [0.2, 0.25) is 0 Å². The van der Waals surface area contributed by atoms with Gasteiger partial charge in [0.2, 0.25) is 0 Å². The normalized spacial score (nSPS) is 16.0. The molecule has 0 aromatic carbocycles. The van der Waals surface area contributed by atoms with Crippen LogP contribution in [0, 0.1) is 11.3 Å². The smallest absolute Gasteiger partial charge is 0.388 e. The highest BCUT2D eigenvalue weighted by atomic mass is 19.4. The Kier molecular flexibility index (Phi) is 5.19. The van der Waals surface area contributed by atoms with Crippen LogP contribution in [-0.4, -0.2) is 10.1 Å². The molecule has 0 radical (unpaired) electrons. The lowest BCUT2D eigenvalue weighted by molar-refractivity contribution is -0.139. The van der Waals surface area contributed by atoms with Gasteiger partial charge in [-0.25, -0.2) is 0 Å². The van der Waals surface area contributed by atoms with Crippen LogP contribution < -0.4 is 0 Å². The number of aliphatic hydroxyl groups excluding tert-OH is 1. The Morgan fingerprint density at radius 1 is 1.25 bits per heavy atom. The number of alkyl halides is 3. The summed E-state index contributed by atoms with van der Waals surface area (Å²) in [5, 5.41) is 10.1. The van der Waals surface area contributed by atoms with Crippen LogP contribution in [0.5, 0.6) is 0 Å². The summed E-state index contributed by atoms with van der Waals surface area (Å²) in [6, 6.07) is 0.910. The van der Waals surface area contributed by atoms with Crippen molar-refractivity contribution in [3.63, 3.8) is 0 Å². The molecule has 0 aliphatic rings. The average molecular weight is 289 g/mol.